The number of aromatic nitrogens is 2. The molecule has 1 aliphatic carbocycles. The summed E-state index contributed by atoms with van der Waals surface area (Å²) >= 11 is 0. The second kappa shape index (κ2) is 10.9. The summed E-state index contributed by atoms with van der Waals surface area (Å²) in [6.45, 7) is -0.488. The van der Waals surface area contributed by atoms with Crippen LogP contribution in [-0.2, 0) is 27.8 Å². The molecule has 3 aromatic rings. The van der Waals surface area contributed by atoms with Crippen molar-refractivity contribution < 1.29 is 46.2 Å². The van der Waals surface area contributed by atoms with E-state index in [9.17, 15) is 40.7 Å². The molecule has 1 spiro atoms. The van der Waals surface area contributed by atoms with Gasteiger partial charge in [0.2, 0.25) is 11.8 Å². The number of alkyl halides is 3. The van der Waals surface area contributed by atoms with Gasteiger partial charge < -0.3 is 21.0 Å². The number of piperidine rings is 1. The topological polar surface area (TPSA) is 136 Å². The van der Waals surface area contributed by atoms with Crippen LogP contribution in [0.5, 0.6) is 0 Å². The molecule has 0 saturated carbocycles. The van der Waals surface area contributed by atoms with Crippen LogP contribution in [0.25, 0.3) is 0 Å². The first-order valence-electron chi connectivity index (χ1n) is 13.3. The number of fused-ring (bicyclic) bond motifs is 3. The van der Waals surface area contributed by atoms with Crippen LogP contribution in [0.2, 0.25) is 0 Å². The molecule has 0 radical (unpaired) electrons. The van der Waals surface area contributed by atoms with Crippen molar-refractivity contribution >= 4 is 23.5 Å². The third-order valence-corrected chi connectivity index (χ3v) is 8.49. The van der Waals surface area contributed by atoms with Crippen molar-refractivity contribution in [2.24, 2.45) is 0 Å². The number of hydrogen-bond acceptors (Lipinski definition) is 5. The Morgan fingerprint density at radius 1 is 1.14 bits per heavy atom. The van der Waals surface area contributed by atoms with Crippen LogP contribution >= 0.6 is 0 Å². The Morgan fingerprint density at radius 3 is 2.61 bits per heavy atom. The van der Waals surface area contributed by atoms with Gasteiger partial charge in [-0.2, -0.15) is 13.2 Å². The fraction of sp³-hybridized carbons (Fsp3) is 0.345. The molecule has 3 amide bonds. The van der Waals surface area contributed by atoms with E-state index in [0.29, 0.717) is 39.7 Å². The number of carbonyl (C=O) groups excluding carboxylic acids is 3. The van der Waals surface area contributed by atoms with Crippen LogP contribution in [0.3, 0.4) is 0 Å². The number of halogens is 6. The predicted octanol–water partition coefficient (Wildman–Crippen LogP) is 3.12. The third-order valence-electron chi connectivity index (χ3n) is 8.49. The van der Waals surface area contributed by atoms with Crippen molar-refractivity contribution in [3.63, 3.8) is 0 Å². The Bertz CT molecular complexity index is 1680. The molecule has 15 heteroatoms. The molecule has 1 aromatic carbocycles. The van der Waals surface area contributed by atoms with E-state index in [1.54, 1.807) is 18.3 Å². The molecule has 2 aliphatic heterocycles. The van der Waals surface area contributed by atoms with E-state index in [-0.39, 0.29) is 29.8 Å². The zero-order chi connectivity index (χ0) is 30.8. The summed E-state index contributed by atoms with van der Waals surface area (Å²) in [4.78, 5) is 48.4. The smallest absolute Gasteiger partial charge is 0.406 e. The van der Waals surface area contributed by atoms with Crippen molar-refractivity contribution in [1.82, 2.24) is 20.2 Å². The van der Waals surface area contributed by atoms with Crippen molar-refractivity contribution in [3.8, 4) is 0 Å². The van der Waals surface area contributed by atoms with E-state index >= 15 is 0 Å². The molecule has 0 unspecified atom stereocenters. The minimum Gasteiger partial charge on any atom is -0.412 e. The van der Waals surface area contributed by atoms with Crippen molar-refractivity contribution in [2.45, 2.75) is 55.8 Å². The van der Waals surface area contributed by atoms with Gasteiger partial charge in [0.05, 0.1) is 11.0 Å². The summed E-state index contributed by atoms with van der Waals surface area (Å²) in [5.41, 5.74) is 0.344. The lowest BCUT2D eigenvalue weighted by Gasteiger charge is -2.43. The Kier molecular flexibility index (Phi) is 7.64. The van der Waals surface area contributed by atoms with E-state index in [4.69, 9.17) is 0 Å². The zero-order valence-electron chi connectivity index (χ0n) is 22.9. The number of nitrogens with one attached hydrogen (secondary N) is 2. The lowest BCUT2D eigenvalue weighted by Crippen LogP contribution is -2.59. The third kappa shape index (κ3) is 5.14. The standard InChI is InChI=1S/C29H23F6N5O3.H2O/c1-13-17(18-6-16(30)7-20(31)23(18)32)8-21(26(42)40(13)12-29(33,34)35)38-25(41)15-5-14-9-28(10-22(14)37-11-15)19-3-2-4-36-24(19)39-27(28)43;/h2-7,11,13,17,21H,8-10,12H2,1H3,(H,38,41)(H,36,39,43);1H2/t13-,17-,21+,28+;/m1./s1. The molecule has 0 bridgehead atoms. The van der Waals surface area contributed by atoms with Gasteiger partial charge in [-0.25, -0.2) is 18.2 Å². The minimum atomic E-state index is -4.84. The Morgan fingerprint density at radius 2 is 1.89 bits per heavy atom. The molecule has 9 nitrogen and oxygen atoms in total. The monoisotopic (exact) mass is 621 g/mol. The van der Waals surface area contributed by atoms with Gasteiger partial charge in [0.1, 0.15) is 24.2 Å². The largest absolute Gasteiger partial charge is 0.412 e. The number of hydrogen-bond donors (Lipinski definition) is 2. The molecule has 4 atom stereocenters. The molecule has 4 heterocycles. The quantitative estimate of drug-likeness (QED) is 0.341. The SMILES string of the molecule is C[C@@H]1[C@H](c2cc(F)cc(F)c2F)C[C@H](NC(=O)c2cnc3c(c2)C[C@@]2(C3)C(=O)Nc3ncccc32)C(=O)N1CC(F)(F)F.O. The highest BCUT2D eigenvalue weighted by atomic mass is 19.4. The van der Waals surface area contributed by atoms with Crippen molar-refractivity contribution in [1.29, 1.82) is 0 Å². The first kappa shape index (κ1) is 30.9. The maximum Gasteiger partial charge on any atom is 0.406 e. The first-order chi connectivity index (χ1) is 20.3. The number of carbonyl (C=O) groups is 3. The first-order valence-corrected chi connectivity index (χ1v) is 13.3. The Hall–Kier alpha value is -4.53. The van der Waals surface area contributed by atoms with Crippen molar-refractivity contribution in [2.75, 3.05) is 11.9 Å². The van der Waals surface area contributed by atoms with E-state index in [1.165, 1.54) is 19.2 Å². The van der Waals surface area contributed by atoms with Crippen LogP contribution in [0.4, 0.5) is 32.2 Å². The molecule has 2 aromatic heterocycles. The van der Waals surface area contributed by atoms with Gasteiger partial charge in [0, 0.05) is 48.1 Å². The molecule has 3 aliphatic rings. The summed E-state index contributed by atoms with van der Waals surface area (Å²) in [6, 6.07) is 3.10. The average Bonchev–Trinajstić information content (AvgIpc) is 3.46. The van der Waals surface area contributed by atoms with Crippen LogP contribution in [0.15, 0.2) is 42.7 Å². The maximum absolute atomic E-state index is 14.7. The van der Waals surface area contributed by atoms with E-state index in [1.807, 2.05) is 0 Å². The molecule has 6 rings (SSSR count). The fourth-order valence-corrected chi connectivity index (χ4v) is 6.42. The summed E-state index contributed by atoms with van der Waals surface area (Å²) in [5.74, 6) is -7.14. The molecule has 44 heavy (non-hydrogen) atoms. The highest BCUT2D eigenvalue weighted by Crippen LogP contribution is 2.46. The zero-order valence-corrected chi connectivity index (χ0v) is 22.9. The van der Waals surface area contributed by atoms with Gasteiger partial charge in [-0.1, -0.05) is 6.07 Å². The van der Waals surface area contributed by atoms with E-state index < -0.39 is 77.4 Å². The number of likely N-dealkylation sites (tertiary alicyclic amines) is 1. The molecular weight excluding hydrogens is 596 g/mol. The molecule has 1 fully saturated rings. The van der Waals surface area contributed by atoms with Gasteiger partial charge in [0.25, 0.3) is 5.91 Å². The van der Waals surface area contributed by atoms with E-state index in [0.717, 1.165) is 0 Å². The lowest BCUT2D eigenvalue weighted by atomic mass is 9.80. The maximum atomic E-state index is 14.7. The second-order valence-corrected chi connectivity index (χ2v) is 11.1. The number of benzene rings is 1. The normalized spacial score (nSPS) is 24.1. The van der Waals surface area contributed by atoms with Gasteiger partial charge in [-0.15, -0.1) is 0 Å². The second-order valence-electron chi connectivity index (χ2n) is 11.1. The van der Waals surface area contributed by atoms with Crippen LogP contribution in [0.1, 0.15) is 52.0 Å². The van der Waals surface area contributed by atoms with Crippen LogP contribution < -0.4 is 10.6 Å². The number of nitrogens with zero attached hydrogens (tertiary/aromatic N) is 3. The highest BCUT2D eigenvalue weighted by Gasteiger charge is 2.52. The predicted molar refractivity (Wildman–Crippen MR) is 142 cm³/mol. The van der Waals surface area contributed by atoms with Gasteiger partial charge in [0.15, 0.2) is 11.6 Å². The van der Waals surface area contributed by atoms with Gasteiger partial charge >= 0.3 is 6.18 Å². The van der Waals surface area contributed by atoms with Crippen LogP contribution in [-0.4, -0.2) is 62.9 Å². The van der Waals surface area contributed by atoms with Crippen molar-refractivity contribution in [3.05, 3.63) is 88.1 Å². The Labute approximate surface area is 246 Å². The number of pyridine rings is 2. The highest BCUT2D eigenvalue weighted by molar-refractivity contribution is 6.06. The number of rotatable bonds is 4. The number of amides is 3. The molecule has 232 valence electrons. The summed E-state index contributed by atoms with van der Waals surface area (Å²) in [6.07, 6.45) is -2.00. The van der Waals surface area contributed by atoms with Gasteiger partial charge in [-0.3, -0.25) is 19.4 Å². The minimum absolute atomic E-state index is 0. The van der Waals surface area contributed by atoms with Gasteiger partial charge in [-0.05, 0) is 49.1 Å². The van der Waals surface area contributed by atoms with Crippen LogP contribution in [0, 0.1) is 17.5 Å². The molecular formula is C29H25F6N5O4. The average molecular weight is 622 g/mol. The lowest BCUT2D eigenvalue weighted by molar-refractivity contribution is -0.170. The number of anilines is 1. The summed E-state index contributed by atoms with van der Waals surface area (Å²) < 4.78 is 83.1. The van der Waals surface area contributed by atoms with E-state index in [2.05, 4.69) is 20.6 Å². The Balaban J connectivity index is 0.00000384. The molecule has 4 N–H and O–H groups in total. The summed E-state index contributed by atoms with van der Waals surface area (Å²) in [5, 5.41) is 5.17. The molecule has 1 saturated heterocycles. The summed E-state index contributed by atoms with van der Waals surface area (Å²) in [7, 11) is 0. The fourth-order valence-electron chi connectivity index (χ4n) is 6.42.